The van der Waals surface area contributed by atoms with Gasteiger partial charge in [0, 0.05) is 24.3 Å². The van der Waals surface area contributed by atoms with Gasteiger partial charge in [-0.05, 0) is 53.8 Å². The van der Waals surface area contributed by atoms with Crippen LogP contribution in [0.15, 0.2) is 84.0 Å². The van der Waals surface area contributed by atoms with Crippen LogP contribution >= 0.6 is 0 Å². The molecule has 3 aromatic rings. The molecule has 0 spiro atoms. The number of hydrogen-bond acceptors (Lipinski definition) is 3. The van der Waals surface area contributed by atoms with Crippen LogP contribution in [0.5, 0.6) is 0 Å². The van der Waals surface area contributed by atoms with Gasteiger partial charge in [0.15, 0.2) is 0 Å². The summed E-state index contributed by atoms with van der Waals surface area (Å²) in [6, 6.07) is 26.0. The quantitative estimate of drug-likeness (QED) is 0.522. The van der Waals surface area contributed by atoms with E-state index in [1.54, 1.807) is 6.21 Å². The van der Waals surface area contributed by atoms with Crippen LogP contribution < -0.4 is 10.3 Å². The normalized spacial score (nSPS) is 13.8. The molecule has 4 rings (SSSR count). The van der Waals surface area contributed by atoms with E-state index in [1.165, 1.54) is 24.1 Å². The molecule has 0 aliphatic carbocycles. The third-order valence-electron chi connectivity index (χ3n) is 5.00. The van der Waals surface area contributed by atoms with E-state index in [4.69, 9.17) is 0 Å². The van der Waals surface area contributed by atoms with E-state index in [0.717, 1.165) is 24.2 Å². The summed E-state index contributed by atoms with van der Waals surface area (Å²) in [6.45, 7) is 2.19. The van der Waals surface area contributed by atoms with E-state index >= 15 is 0 Å². The summed E-state index contributed by atoms with van der Waals surface area (Å²) in [6.07, 6.45) is 4.14. The van der Waals surface area contributed by atoms with Crippen LogP contribution in [-0.4, -0.2) is 25.2 Å². The topological polar surface area (TPSA) is 44.7 Å². The lowest BCUT2D eigenvalue weighted by Crippen LogP contribution is -2.19. The third-order valence-corrected chi connectivity index (χ3v) is 5.00. The van der Waals surface area contributed by atoms with Crippen LogP contribution in [0.25, 0.3) is 11.1 Å². The number of amides is 1. The molecule has 0 saturated carbocycles. The predicted molar refractivity (Wildman–Crippen MR) is 115 cm³/mol. The molecule has 28 heavy (non-hydrogen) atoms. The van der Waals surface area contributed by atoms with E-state index in [0.29, 0.717) is 5.56 Å². The Morgan fingerprint density at radius 2 is 1.46 bits per heavy atom. The second kappa shape index (κ2) is 8.53. The fraction of sp³-hybridized carbons (Fsp3) is 0.167. The number of nitrogens with one attached hydrogen (secondary N) is 1. The highest BCUT2D eigenvalue weighted by Crippen LogP contribution is 2.20. The molecule has 1 heterocycles. The molecular formula is C24H23N3O. The Morgan fingerprint density at radius 1 is 0.821 bits per heavy atom. The molecular weight excluding hydrogens is 346 g/mol. The van der Waals surface area contributed by atoms with Crippen LogP contribution in [0.1, 0.15) is 28.8 Å². The highest BCUT2D eigenvalue weighted by atomic mass is 16.2. The summed E-state index contributed by atoms with van der Waals surface area (Å²) < 4.78 is 0. The molecule has 0 radical (unpaired) electrons. The van der Waals surface area contributed by atoms with Crippen molar-refractivity contribution >= 4 is 17.8 Å². The Hall–Kier alpha value is -3.40. The van der Waals surface area contributed by atoms with Gasteiger partial charge in [-0.25, -0.2) is 5.43 Å². The first-order chi connectivity index (χ1) is 13.8. The minimum absolute atomic E-state index is 0.204. The lowest BCUT2D eigenvalue weighted by atomic mass is 10.0. The Morgan fingerprint density at radius 3 is 2.14 bits per heavy atom. The minimum atomic E-state index is -0.204. The average Bonchev–Trinajstić information content (AvgIpc) is 3.30. The summed E-state index contributed by atoms with van der Waals surface area (Å²) >= 11 is 0. The molecule has 0 atom stereocenters. The second-order valence-corrected chi connectivity index (χ2v) is 6.93. The monoisotopic (exact) mass is 369 g/mol. The van der Waals surface area contributed by atoms with Crippen LogP contribution in [0.2, 0.25) is 0 Å². The lowest BCUT2D eigenvalue weighted by Gasteiger charge is -2.17. The third kappa shape index (κ3) is 4.29. The second-order valence-electron chi connectivity index (χ2n) is 6.93. The van der Waals surface area contributed by atoms with Gasteiger partial charge < -0.3 is 4.90 Å². The maximum atomic E-state index is 12.3. The zero-order valence-corrected chi connectivity index (χ0v) is 15.7. The molecule has 3 aromatic carbocycles. The standard InChI is InChI=1S/C24H23N3O/c28-24(22-12-14-23(15-13-22)27-16-4-5-17-27)26-25-18-19-8-10-21(11-9-19)20-6-2-1-3-7-20/h1-3,6-15,18H,4-5,16-17H2,(H,26,28)/b25-18-. The van der Waals surface area contributed by atoms with Gasteiger partial charge in [-0.3, -0.25) is 4.79 Å². The minimum Gasteiger partial charge on any atom is -0.372 e. The van der Waals surface area contributed by atoms with Crippen LogP contribution in [0.4, 0.5) is 5.69 Å². The SMILES string of the molecule is O=C(N/N=C\c1ccc(-c2ccccc2)cc1)c1ccc(N2CCCC2)cc1. The highest BCUT2D eigenvalue weighted by molar-refractivity contribution is 5.95. The Labute approximate surface area is 165 Å². The van der Waals surface area contributed by atoms with Gasteiger partial charge >= 0.3 is 0 Å². The van der Waals surface area contributed by atoms with Crippen molar-refractivity contribution in [2.75, 3.05) is 18.0 Å². The maximum absolute atomic E-state index is 12.3. The zero-order chi connectivity index (χ0) is 19.2. The molecule has 0 unspecified atom stereocenters. The fourth-order valence-electron chi connectivity index (χ4n) is 3.42. The number of carbonyl (C=O) groups excluding carboxylic acids is 1. The predicted octanol–water partition coefficient (Wildman–Crippen LogP) is 4.72. The van der Waals surface area contributed by atoms with Gasteiger partial charge in [-0.1, -0.05) is 54.6 Å². The summed E-state index contributed by atoms with van der Waals surface area (Å²) in [5, 5.41) is 4.09. The van der Waals surface area contributed by atoms with Crippen LogP contribution in [0.3, 0.4) is 0 Å². The molecule has 1 amide bonds. The molecule has 1 saturated heterocycles. The van der Waals surface area contributed by atoms with Crippen molar-refractivity contribution in [2.24, 2.45) is 5.10 Å². The van der Waals surface area contributed by atoms with E-state index < -0.39 is 0 Å². The number of hydrogen-bond donors (Lipinski definition) is 1. The molecule has 1 aliphatic heterocycles. The summed E-state index contributed by atoms with van der Waals surface area (Å²) in [7, 11) is 0. The number of nitrogens with zero attached hydrogens (tertiary/aromatic N) is 2. The van der Waals surface area contributed by atoms with Gasteiger partial charge in [-0.2, -0.15) is 5.10 Å². The first-order valence-corrected chi connectivity index (χ1v) is 9.63. The molecule has 140 valence electrons. The fourth-order valence-corrected chi connectivity index (χ4v) is 3.42. The van der Waals surface area contributed by atoms with Crippen LogP contribution in [-0.2, 0) is 0 Å². The van der Waals surface area contributed by atoms with Crippen LogP contribution in [0, 0.1) is 0 Å². The van der Waals surface area contributed by atoms with Gasteiger partial charge in [0.25, 0.3) is 5.91 Å². The van der Waals surface area contributed by atoms with Crippen molar-refractivity contribution in [1.29, 1.82) is 0 Å². The maximum Gasteiger partial charge on any atom is 0.271 e. The number of benzene rings is 3. The number of carbonyl (C=O) groups is 1. The van der Waals surface area contributed by atoms with Gasteiger partial charge in [0.1, 0.15) is 0 Å². The van der Waals surface area contributed by atoms with Crippen molar-refractivity contribution in [1.82, 2.24) is 5.43 Å². The van der Waals surface area contributed by atoms with Crippen molar-refractivity contribution in [3.05, 3.63) is 90.0 Å². The number of anilines is 1. The zero-order valence-electron chi connectivity index (χ0n) is 15.7. The first kappa shape index (κ1) is 18.0. The van der Waals surface area contributed by atoms with Crippen molar-refractivity contribution in [2.45, 2.75) is 12.8 Å². The molecule has 0 bridgehead atoms. The van der Waals surface area contributed by atoms with Crippen molar-refractivity contribution in [3.8, 4) is 11.1 Å². The van der Waals surface area contributed by atoms with Gasteiger partial charge in [-0.15, -0.1) is 0 Å². The van der Waals surface area contributed by atoms with E-state index in [1.807, 2.05) is 54.6 Å². The first-order valence-electron chi connectivity index (χ1n) is 9.63. The average molecular weight is 369 g/mol. The Bertz CT molecular complexity index is 941. The number of rotatable bonds is 5. The lowest BCUT2D eigenvalue weighted by molar-refractivity contribution is 0.0955. The van der Waals surface area contributed by atoms with Gasteiger partial charge in [0.05, 0.1) is 6.21 Å². The summed E-state index contributed by atoms with van der Waals surface area (Å²) in [5.41, 5.74) is 7.65. The smallest absolute Gasteiger partial charge is 0.271 e. The number of hydrazone groups is 1. The molecule has 4 heteroatoms. The van der Waals surface area contributed by atoms with Crippen molar-refractivity contribution < 1.29 is 4.79 Å². The molecule has 0 aromatic heterocycles. The van der Waals surface area contributed by atoms with E-state index in [-0.39, 0.29) is 5.91 Å². The Balaban J connectivity index is 1.34. The molecule has 1 fully saturated rings. The molecule has 4 nitrogen and oxygen atoms in total. The van der Waals surface area contributed by atoms with Crippen molar-refractivity contribution in [3.63, 3.8) is 0 Å². The summed E-state index contributed by atoms with van der Waals surface area (Å²) in [5.74, 6) is -0.204. The van der Waals surface area contributed by atoms with E-state index in [2.05, 4.69) is 39.7 Å². The largest absolute Gasteiger partial charge is 0.372 e. The molecule has 1 N–H and O–H groups in total. The van der Waals surface area contributed by atoms with E-state index in [9.17, 15) is 4.79 Å². The Kier molecular flexibility index (Phi) is 5.48. The summed E-state index contributed by atoms with van der Waals surface area (Å²) in [4.78, 5) is 14.6. The van der Waals surface area contributed by atoms with Gasteiger partial charge in [0.2, 0.25) is 0 Å². The molecule has 1 aliphatic rings. The highest BCUT2D eigenvalue weighted by Gasteiger charge is 2.12.